The highest BCUT2D eigenvalue weighted by Gasteiger charge is 2.26. The number of rotatable bonds is 6. The minimum atomic E-state index is -3.53. The van der Waals surface area contributed by atoms with Gasteiger partial charge in [-0.05, 0) is 27.6 Å². The molecule has 1 aliphatic heterocycles. The monoisotopic (exact) mass is 381 g/mol. The lowest BCUT2D eigenvalue weighted by atomic mass is 10.2. The molecular weight excluding hydrogens is 362 g/mol. The summed E-state index contributed by atoms with van der Waals surface area (Å²) in [5.74, 6) is 0.0408. The van der Waals surface area contributed by atoms with E-state index in [4.69, 9.17) is 4.74 Å². The van der Waals surface area contributed by atoms with Gasteiger partial charge >= 0.3 is 5.82 Å². The van der Waals surface area contributed by atoms with E-state index in [1.54, 1.807) is 31.3 Å². The van der Waals surface area contributed by atoms with E-state index in [0.717, 1.165) is 5.56 Å². The molecule has 1 aromatic carbocycles. The van der Waals surface area contributed by atoms with Gasteiger partial charge in [0.05, 0.1) is 18.1 Å². The van der Waals surface area contributed by atoms with Gasteiger partial charge in [0.2, 0.25) is 22.2 Å². The topological polar surface area (TPSA) is 120 Å². The molecule has 0 saturated carbocycles. The summed E-state index contributed by atoms with van der Waals surface area (Å²) in [5.41, 5.74) is 0.793. The van der Waals surface area contributed by atoms with Crippen molar-refractivity contribution in [2.24, 2.45) is 7.05 Å². The van der Waals surface area contributed by atoms with Crippen molar-refractivity contribution in [3.05, 3.63) is 46.3 Å². The summed E-state index contributed by atoms with van der Waals surface area (Å²) < 4.78 is 33.3. The number of morpholine rings is 1. The summed E-state index contributed by atoms with van der Waals surface area (Å²) in [4.78, 5) is 14.4. The van der Waals surface area contributed by atoms with Gasteiger partial charge in [0.25, 0.3) is 0 Å². The van der Waals surface area contributed by atoms with E-state index in [1.807, 2.05) is 0 Å². The number of benzene rings is 1. The smallest absolute Gasteiger partial charge is 0.379 e. The number of hydrogen-bond acceptors (Lipinski definition) is 7. The number of nitrogens with one attached hydrogen (secondary N) is 1. The molecule has 2 aromatic rings. The van der Waals surface area contributed by atoms with Gasteiger partial charge < -0.3 is 20.2 Å². The molecule has 1 aliphatic rings. The first-order chi connectivity index (χ1) is 12.4. The molecule has 0 spiro atoms. The van der Waals surface area contributed by atoms with Crippen LogP contribution in [0.2, 0.25) is 0 Å². The third-order valence-corrected chi connectivity index (χ3v) is 5.99. The maximum atomic E-state index is 12.6. The molecule has 0 atom stereocenters. The van der Waals surface area contributed by atoms with Crippen LogP contribution in [0.1, 0.15) is 5.56 Å². The summed E-state index contributed by atoms with van der Waals surface area (Å²) in [5, 5.41) is 13.9. The van der Waals surface area contributed by atoms with Gasteiger partial charge in [0, 0.05) is 26.7 Å². The van der Waals surface area contributed by atoms with Crippen LogP contribution >= 0.6 is 0 Å². The number of nitrogens with zero attached hydrogens (tertiary/aromatic N) is 4. The fourth-order valence-electron chi connectivity index (χ4n) is 2.66. The lowest BCUT2D eigenvalue weighted by Gasteiger charge is -2.26. The van der Waals surface area contributed by atoms with E-state index in [0.29, 0.717) is 38.7 Å². The first kappa shape index (κ1) is 18.3. The number of aryl methyl sites for hydroxylation is 1. The molecule has 0 unspecified atom stereocenters. The minimum absolute atomic E-state index is 0.217. The Morgan fingerprint density at radius 2 is 1.92 bits per heavy atom. The van der Waals surface area contributed by atoms with Gasteiger partial charge in [0.15, 0.2) is 0 Å². The minimum Gasteiger partial charge on any atom is -0.379 e. The van der Waals surface area contributed by atoms with E-state index >= 15 is 0 Å². The maximum Gasteiger partial charge on any atom is 0.406 e. The highest BCUT2D eigenvalue weighted by molar-refractivity contribution is 7.89. The highest BCUT2D eigenvalue weighted by Crippen LogP contribution is 2.22. The predicted octanol–water partition coefficient (Wildman–Crippen LogP) is 0.961. The molecule has 0 radical (unpaired) electrons. The van der Waals surface area contributed by atoms with E-state index in [1.165, 1.54) is 15.2 Å². The molecule has 0 amide bonds. The Balaban J connectivity index is 1.70. The zero-order valence-corrected chi connectivity index (χ0v) is 15.0. The Labute approximate surface area is 150 Å². The van der Waals surface area contributed by atoms with Crippen LogP contribution in [0.3, 0.4) is 0 Å². The van der Waals surface area contributed by atoms with Gasteiger partial charge in [-0.15, -0.1) is 0 Å². The standard InChI is InChI=1S/C15H19N5O5S/c1-18-11-17-15(20(21)22)14(18)16-10-12-2-4-13(5-3-12)26(23,24)19-6-8-25-9-7-19/h2-5,11,16H,6-10H2,1H3. The summed E-state index contributed by atoms with van der Waals surface area (Å²) >= 11 is 0. The third kappa shape index (κ3) is 3.69. The van der Waals surface area contributed by atoms with Crippen LogP contribution in [-0.4, -0.2) is 53.5 Å². The van der Waals surface area contributed by atoms with Crippen LogP contribution < -0.4 is 5.32 Å². The van der Waals surface area contributed by atoms with Crippen molar-refractivity contribution in [3.8, 4) is 0 Å². The van der Waals surface area contributed by atoms with Crippen molar-refractivity contribution in [1.29, 1.82) is 0 Å². The molecule has 10 nitrogen and oxygen atoms in total. The Hall–Kier alpha value is -2.50. The normalized spacial score (nSPS) is 15.7. The van der Waals surface area contributed by atoms with Crippen LogP contribution in [0.25, 0.3) is 0 Å². The van der Waals surface area contributed by atoms with Gasteiger partial charge in [-0.25, -0.2) is 8.42 Å². The van der Waals surface area contributed by atoms with Crippen molar-refractivity contribution in [3.63, 3.8) is 0 Å². The molecule has 1 aromatic heterocycles. The number of nitro groups is 1. The highest BCUT2D eigenvalue weighted by atomic mass is 32.2. The van der Waals surface area contributed by atoms with Crippen LogP contribution in [-0.2, 0) is 28.4 Å². The zero-order chi connectivity index (χ0) is 18.7. The summed E-state index contributed by atoms with van der Waals surface area (Å²) in [6.07, 6.45) is 1.36. The Morgan fingerprint density at radius 3 is 2.54 bits per heavy atom. The van der Waals surface area contributed by atoms with Gasteiger partial charge in [0.1, 0.15) is 0 Å². The number of aromatic nitrogens is 2. The molecular formula is C15H19N5O5S. The first-order valence-corrected chi connectivity index (χ1v) is 9.40. The number of hydrogen-bond donors (Lipinski definition) is 1. The van der Waals surface area contributed by atoms with Crippen molar-refractivity contribution >= 4 is 21.7 Å². The van der Waals surface area contributed by atoms with E-state index < -0.39 is 14.9 Å². The van der Waals surface area contributed by atoms with E-state index in [2.05, 4.69) is 10.3 Å². The average Bonchev–Trinajstić information content (AvgIpc) is 3.02. The van der Waals surface area contributed by atoms with Crippen LogP contribution in [0.4, 0.5) is 11.6 Å². The zero-order valence-electron chi connectivity index (χ0n) is 14.2. The molecule has 1 fully saturated rings. The van der Waals surface area contributed by atoms with Crippen LogP contribution in [0.15, 0.2) is 35.5 Å². The quantitative estimate of drug-likeness (QED) is 0.584. The fourth-order valence-corrected chi connectivity index (χ4v) is 4.06. The maximum absolute atomic E-state index is 12.6. The number of sulfonamides is 1. The lowest BCUT2D eigenvalue weighted by molar-refractivity contribution is -0.388. The van der Waals surface area contributed by atoms with Crippen molar-refractivity contribution in [2.75, 3.05) is 31.6 Å². The second kappa shape index (κ2) is 7.40. The van der Waals surface area contributed by atoms with Crippen molar-refractivity contribution < 1.29 is 18.1 Å². The number of ether oxygens (including phenoxy) is 1. The molecule has 3 rings (SSSR count). The molecule has 0 bridgehead atoms. The first-order valence-electron chi connectivity index (χ1n) is 7.96. The molecule has 2 heterocycles. The lowest BCUT2D eigenvalue weighted by Crippen LogP contribution is -2.40. The predicted molar refractivity (Wildman–Crippen MR) is 93.2 cm³/mol. The largest absolute Gasteiger partial charge is 0.406 e. The Morgan fingerprint density at radius 1 is 1.27 bits per heavy atom. The average molecular weight is 381 g/mol. The van der Waals surface area contributed by atoms with Gasteiger partial charge in [-0.2, -0.15) is 4.31 Å². The van der Waals surface area contributed by atoms with Crippen molar-refractivity contribution in [2.45, 2.75) is 11.4 Å². The third-order valence-electron chi connectivity index (χ3n) is 4.08. The molecule has 1 saturated heterocycles. The van der Waals surface area contributed by atoms with E-state index in [-0.39, 0.29) is 10.7 Å². The van der Waals surface area contributed by atoms with Gasteiger partial charge in [-0.3, -0.25) is 4.57 Å². The second-order valence-corrected chi connectivity index (χ2v) is 7.74. The number of anilines is 1. The molecule has 140 valence electrons. The summed E-state index contributed by atoms with van der Waals surface area (Å²) in [6.45, 7) is 1.78. The molecule has 26 heavy (non-hydrogen) atoms. The van der Waals surface area contributed by atoms with E-state index in [9.17, 15) is 18.5 Å². The SMILES string of the molecule is Cn1cnc([N+](=O)[O-])c1NCc1ccc(S(=O)(=O)N2CCOCC2)cc1. The molecule has 0 aliphatic carbocycles. The Kier molecular flexibility index (Phi) is 5.20. The molecule has 11 heteroatoms. The van der Waals surface area contributed by atoms with Crippen molar-refractivity contribution in [1.82, 2.24) is 13.9 Å². The Bertz CT molecular complexity index is 888. The fraction of sp³-hybridized carbons (Fsp3) is 0.400. The second-order valence-electron chi connectivity index (χ2n) is 5.80. The summed E-state index contributed by atoms with van der Waals surface area (Å²) in [7, 11) is -1.88. The molecule has 1 N–H and O–H groups in total. The van der Waals surface area contributed by atoms with Crippen LogP contribution in [0, 0.1) is 10.1 Å². The summed E-state index contributed by atoms with van der Waals surface area (Å²) in [6, 6.07) is 6.45. The van der Waals surface area contributed by atoms with Gasteiger partial charge in [-0.1, -0.05) is 12.1 Å². The van der Waals surface area contributed by atoms with Crippen LogP contribution in [0.5, 0.6) is 0 Å². The number of imidazole rings is 1.